The third kappa shape index (κ3) is 3.97. The summed E-state index contributed by atoms with van der Waals surface area (Å²) in [6.07, 6.45) is 1.67. The molecule has 0 aliphatic carbocycles. The van der Waals surface area contributed by atoms with Gasteiger partial charge >= 0.3 is 0 Å². The number of nitrogens with one attached hydrogen (secondary N) is 1. The number of hydrogen-bond acceptors (Lipinski definition) is 5. The number of pyridine rings is 1. The fraction of sp³-hybridized carbons (Fsp3) is 0.167. The fourth-order valence-corrected chi connectivity index (χ4v) is 2.86. The number of nitrogens with zero attached hydrogens (tertiary/aromatic N) is 2. The van der Waals surface area contributed by atoms with Gasteiger partial charge in [-0.1, -0.05) is 30.3 Å². The minimum absolute atomic E-state index is 0.135. The van der Waals surface area contributed by atoms with Crippen LogP contribution in [0.1, 0.15) is 22.2 Å². The highest BCUT2D eigenvalue weighted by molar-refractivity contribution is 7.08. The van der Waals surface area contributed by atoms with Gasteiger partial charge in [-0.25, -0.2) is 4.98 Å². The van der Waals surface area contributed by atoms with Gasteiger partial charge < -0.3 is 10.1 Å². The number of rotatable bonds is 6. The van der Waals surface area contributed by atoms with Gasteiger partial charge in [-0.15, -0.1) is 0 Å². The molecule has 1 aromatic carbocycles. The molecule has 0 radical (unpaired) electrons. The molecule has 1 amide bonds. The molecule has 3 aromatic rings. The van der Waals surface area contributed by atoms with Crippen LogP contribution in [0.2, 0.25) is 0 Å². The molecule has 0 aliphatic heterocycles. The number of carbonyl (C=O) groups excluding carboxylic acids is 1. The van der Waals surface area contributed by atoms with Gasteiger partial charge in [-0.2, -0.15) is 4.37 Å². The average Bonchev–Trinajstić information content (AvgIpc) is 3.11. The molecule has 5 nitrogen and oxygen atoms in total. The van der Waals surface area contributed by atoms with Crippen LogP contribution < -0.4 is 10.1 Å². The Morgan fingerprint density at radius 3 is 2.83 bits per heavy atom. The molecule has 122 valence electrons. The van der Waals surface area contributed by atoms with Gasteiger partial charge in [-0.3, -0.25) is 4.79 Å². The van der Waals surface area contributed by atoms with Crippen molar-refractivity contribution in [2.24, 2.45) is 0 Å². The van der Waals surface area contributed by atoms with Gasteiger partial charge in [0, 0.05) is 24.4 Å². The summed E-state index contributed by atoms with van der Waals surface area (Å²) in [6.45, 7) is 2.89. The number of aromatic nitrogens is 2. The van der Waals surface area contributed by atoms with Crippen molar-refractivity contribution in [2.45, 2.75) is 13.5 Å². The predicted octanol–water partition coefficient (Wildman–Crippen LogP) is 3.53. The monoisotopic (exact) mass is 339 g/mol. The quantitative estimate of drug-likeness (QED) is 0.746. The third-order valence-corrected chi connectivity index (χ3v) is 4.14. The SMILES string of the molecule is CCOc1cc(CNC(=O)c2cc(-c3ccccc3)ns2)ccn1. The van der Waals surface area contributed by atoms with E-state index in [0.717, 1.165) is 16.8 Å². The largest absolute Gasteiger partial charge is 0.478 e. The van der Waals surface area contributed by atoms with Crippen molar-refractivity contribution in [3.8, 4) is 17.1 Å². The number of ether oxygens (including phenoxy) is 1. The Kier molecular flexibility index (Phi) is 5.18. The third-order valence-electron chi connectivity index (χ3n) is 3.35. The predicted molar refractivity (Wildman–Crippen MR) is 94.1 cm³/mol. The second-order valence-electron chi connectivity index (χ2n) is 5.06. The molecular formula is C18H17N3O2S. The molecule has 0 bridgehead atoms. The molecule has 0 saturated heterocycles. The van der Waals surface area contributed by atoms with Gasteiger partial charge in [0.25, 0.3) is 5.91 Å². The van der Waals surface area contributed by atoms with Crippen molar-refractivity contribution in [3.05, 3.63) is 65.2 Å². The van der Waals surface area contributed by atoms with Crippen LogP contribution >= 0.6 is 11.5 Å². The van der Waals surface area contributed by atoms with Gasteiger partial charge in [0.05, 0.1) is 12.3 Å². The highest BCUT2D eigenvalue weighted by Crippen LogP contribution is 2.21. The van der Waals surface area contributed by atoms with Gasteiger partial charge in [-0.05, 0) is 36.2 Å². The zero-order valence-corrected chi connectivity index (χ0v) is 14.0. The van der Waals surface area contributed by atoms with Crippen molar-refractivity contribution < 1.29 is 9.53 Å². The molecule has 1 N–H and O–H groups in total. The van der Waals surface area contributed by atoms with Crippen LogP contribution in [-0.4, -0.2) is 21.9 Å². The van der Waals surface area contributed by atoms with Crippen LogP contribution in [-0.2, 0) is 6.54 Å². The Morgan fingerprint density at radius 1 is 1.21 bits per heavy atom. The van der Waals surface area contributed by atoms with Crippen molar-refractivity contribution in [2.75, 3.05) is 6.61 Å². The Balaban J connectivity index is 1.63. The summed E-state index contributed by atoms with van der Waals surface area (Å²) in [4.78, 5) is 17.0. The van der Waals surface area contributed by atoms with E-state index in [0.29, 0.717) is 23.9 Å². The van der Waals surface area contributed by atoms with E-state index in [-0.39, 0.29) is 5.91 Å². The molecule has 0 fully saturated rings. The molecule has 0 aliphatic rings. The fourth-order valence-electron chi connectivity index (χ4n) is 2.18. The van der Waals surface area contributed by atoms with E-state index < -0.39 is 0 Å². The first-order valence-electron chi connectivity index (χ1n) is 7.64. The van der Waals surface area contributed by atoms with E-state index in [2.05, 4.69) is 14.7 Å². The number of hydrogen-bond donors (Lipinski definition) is 1. The maximum atomic E-state index is 12.3. The van der Waals surface area contributed by atoms with E-state index >= 15 is 0 Å². The summed E-state index contributed by atoms with van der Waals surface area (Å²) in [5, 5.41) is 2.90. The van der Waals surface area contributed by atoms with Crippen LogP contribution in [0.25, 0.3) is 11.3 Å². The zero-order valence-electron chi connectivity index (χ0n) is 13.2. The lowest BCUT2D eigenvalue weighted by atomic mass is 10.1. The number of benzene rings is 1. The standard InChI is InChI=1S/C18H17N3O2S/c1-2-23-17-10-13(8-9-19-17)12-20-18(22)16-11-15(21-24-16)14-6-4-3-5-7-14/h3-11H,2,12H2,1H3,(H,20,22). The molecular weight excluding hydrogens is 322 g/mol. The van der Waals surface area contributed by atoms with Crippen LogP contribution in [0, 0.1) is 0 Å². The molecule has 0 atom stereocenters. The molecule has 24 heavy (non-hydrogen) atoms. The first kappa shape index (κ1) is 16.1. The maximum Gasteiger partial charge on any atom is 0.263 e. The van der Waals surface area contributed by atoms with Crippen LogP contribution in [0.3, 0.4) is 0 Å². The smallest absolute Gasteiger partial charge is 0.263 e. The van der Waals surface area contributed by atoms with E-state index in [4.69, 9.17) is 4.74 Å². The summed E-state index contributed by atoms with van der Waals surface area (Å²) in [5.41, 5.74) is 2.76. The second kappa shape index (κ2) is 7.70. The Morgan fingerprint density at radius 2 is 2.04 bits per heavy atom. The average molecular weight is 339 g/mol. The Hall–Kier alpha value is -2.73. The first-order valence-corrected chi connectivity index (χ1v) is 8.41. The van der Waals surface area contributed by atoms with Crippen LogP contribution in [0.5, 0.6) is 5.88 Å². The van der Waals surface area contributed by atoms with E-state index in [1.54, 1.807) is 6.20 Å². The summed E-state index contributed by atoms with van der Waals surface area (Å²) < 4.78 is 9.71. The van der Waals surface area contributed by atoms with E-state index in [9.17, 15) is 4.79 Å². The lowest BCUT2D eigenvalue weighted by Gasteiger charge is -2.06. The summed E-state index contributed by atoms with van der Waals surface area (Å²) in [7, 11) is 0. The minimum Gasteiger partial charge on any atom is -0.478 e. The van der Waals surface area contributed by atoms with Crippen LogP contribution in [0.4, 0.5) is 0 Å². The topological polar surface area (TPSA) is 64.1 Å². The minimum atomic E-state index is -0.135. The Labute approximate surface area is 144 Å². The zero-order chi connectivity index (χ0) is 16.8. The summed E-state index contributed by atoms with van der Waals surface area (Å²) in [6, 6.07) is 15.3. The first-order chi connectivity index (χ1) is 11.8. The van der Waals surface area contributed by atoms with Gasteiger partial charge in [0.15, 0.2) is 0 Å². The van der Waals surface area contributed by atoms with E-state index in [1.807, 2.05) is 55.5 Å². The van der Waals surface area contributed by atoms with Crippen molar-refractivity contribution in [3.63, 3.8) is 0 Å². The van der Waals surface area contributed by atoms with Gasteiger partial charge in [0.1, 0.15) is 4.88 Å². The molecule has 0 unspecified atom stereocenters. The maximum absolute atomic E-state index is 12.3. The normalized spacial score (nSPS) is 10.4. The number of amides is 1. The molecule has 3 rings (SSSR count). The molecule has 2 heterocycles. The summed E-state index contributed by atoms with van der Waals surface area (Å²) in [5.74, 6) is 0.429. The Bertz CT molecular complexity index is 818. The van der Waals surface area contributed by atoms with Crippen molar-refractivity contribution in [1.29, 1.82) is 0 Å². The van der Waals surface area contributed by atoms with E-state index in [1.165, 1.54) is 11.5 Å². The highest BCUT2D eigenvalue weighted by atomic mass is 32.1. The lowest BCUT2D eigenvalue weighted by Crippen LogP contribution is -2.21. The lowest BCUT2D eigenvalue weighted by molar-refractivity contribution is 0.0955. The molecule has 0 spiro atoms. The van der Waals surface area contributed by atoms with Gasteiger partial charge in [0.2, 0.25) is 5.88 Å². The van der Waals surface area contributed by atoms with Crippen LogP contribution in [0.15, 0.2) is 54.7 Å². The molecule has 2 aromatic heterocycles. The van der Waals surface area contributed by atoms with Crippen molar-refractivity contribution in [1.82, 2.24) is 14.7 Å². The molecule has 0 saturated carbocycles. The highest BCUT2D eigenvalue weighted by Gasteiger charge is 2.11. The molecule has 6 heteroatoms. The second-order valence-corrected chi connectivity index (χ2v) is 5.87. The number of carbonyl (C=O) groups is 1. The van der Waals surface area contributed by atoms with Crippen molar-refractivity contribution >= 4 is 17.4 Å². The summed E-state index contributed by atoms with van der Waals surface area (Å²) >= 11 is 1.20.